The van der Waals surface area contributed by atoms with Crippen LogP contribution in [0.3, 0.4) is 0 Å². The molecule has 8 heteroatoms. The third kappa shape index (κ3) is 13.4. The van der Waals surface area contributed by atoms with Gasteiger partial charge in [0.2, 0.25) is 0 Å². The maximum atomic E-state index is 16.2. The van der Waals surface area contributed by atoms with Crippen molar-refractivity contribution in [2.75, 3.05) is 33.0 Å². The number of ether oxygens (including phenoxy) is 3. The Labute approximate surface area is 334 Å². The fourth-order valence-corrected chi connectivity index (χ4v) is 7.48. The lowest BCUT2D eigenvalue weighted by atomic mass is 9.77. The zero-order chi connectivity index (χ0) is 40.5. The van der Waals surface area contributed by atoms with E-state index in [1.165, 1.54) is 56.9 Å². The fourth-order valence-electron chi connectivity index (χ4n) is 7.48. The Morgan fingerprint density at radius 2 is 1.32 bits per heavy atom. The summed E-state index contributed by atoms with van der Waals surface area (Å²) in [5.41, 5.74) is 6.51. The highest BCUT2D eigenvalue weighted by atomic mass is 19.1. The SMILES string of the molecule is C=C(C)C(=O)OCCCc1cc(-c2ccc(-c3ccc([C@H]4CC[C@H](CCCCC)CC4)cc3)cc2F)cc(CCCOC(=O)C(=C)C)c1OCCC(CO)CO. The highest BCUT2D eigenvalue weighted by molar-refractivity contribution is 5.87. The summed E-state index contributed by atoms with van der Waals surface area (Å²) in [5.74, 6) is 0.466. The molecule has 0 aliphatic heterocycles. The predicted octanol–water partition coefficient (Wildman–Crippen LogP) is 10.5. The number of halogens is 1. The second-order valence-corrected chi connectivity index (χ2v) is 15.6. The minimum atomic E-state index is -0.462. The van der Waals surface area contributed by atoms with Gasteiger partial charge >= 0.3 is 11.9 Å². The van der Waals surface area contributed by atoms with E-state index in [-0.39, 0.29) is 44.8 Å². The van der Waals surface area contributed by atoms with Crippen LogP contribution in [0.5, 0.6) is 5.75 Å². The minimum absolute atomic E-state index is 0.166. The van der Waals surface area contributed by atoms with Gasteiger partial charge in [0, 0.05) is 35.8 Å². The van der Waals surface area contributed by atoms with Crippen LogP contribution < -0.4 is 4.74 Å². The van der Waals surface area contributed by atoms with Crippen LogP contribution in [0.2, 0.25) is 0 Å². The van der Waals surface area contributed by atoms with E-state index >= 15 is 4.39 Å². The summed E-state index contributed by atoms with van der Waals surface area (Å²) in [5, 5.41) is 19.2. The van der Waals surface area contributed by atoms with Crippen molar-refractivity contribution in [3.8, 4) is 28.0 Å². The monoisotopic (exact) mass is 770 g/mol. The van der Waals surface area contributed by atoms with Crippen molar-refractivity contribution in [3.63, 3.8) is 0 Å². The van der Waals surface area contributed by atoms with Crippen molar-refractivity contribution in [1.82, 2.24) is 0 Å². The molecule has 7 nitrogen and oxygen atoms in total. The molecule has 0 bridgehead atoms. The van der Waals surface area contributed by atoms with Gasteiger partial charge in [0.15, 0.2) is 0 Å². The third-order valence-corrected chi connectivity index (χ3v) is 10.9. The molecule has 3 aromatic carbocycles. The summed E-state index contributed by atoms with van der Waals surface area (Å²) in [6.07, 6.45) is 12.7. The fraction of sp³-hybridized carbons (Fsp3) is 0.500. The normalized spacial score (nSPS) is 15.4. The second kappa shape index (κ2) is 23.1. The second-order valence-electron chi connectivity index (χ2n) is 15.6. The van der Waals surface area contributed by atoms with Crippen LogP contribution in [0.1, 0.15) is 114 Å². The molecule has 0 spiro atoms. The van der Waals surface area contributed by atoms with Gasteiger partial charge in [0.25, 0.3) is 0 Å². The molecule has 4 rings (SSSR count). The van der Waals surface area contributed by atoms with E-state index in [0.29, 0.717) is 66.0 Å². The van der Waals surface area contributed by atoms with Gasteiger partial charge in [-0.1, -0.05) is 82.2 Å². The van der Waals surface area contributed by atoms with Gasteiger partial charge in [-0.25, -0.2) is 14.0 Å². The molecule has 1 aliphatic rings. The number of hydrogen-bond acceptors (Lipinski definition) is 7. The number of carbonyl (C=O) groups excluding carboxylic acids is 2. The number of aliphatic hydroxyl groups excluding tert-OH is 2. The molecular weight excluding hydrogens is 708 g/mol. The zero-order valence-corrected chi connectivity index (χ0v) is 33.9. The number of hydrogen-bond donors (Lipinski definition) is 2. The molecular formula is C48H63FO7. The number of esters is 2. The summed E-state index contributed by atoms with van der Waals surface area (Å²) >= 11 is 0. The van der Waals surface area contributed by atoms with E-state index < -0.39 is 11.9 Å². The smallest absolute Gasteiger partial charge is 0.333 e. The van der Waals surface area contributed by atoms with Crippen LogP contribution in [-0.2, 0) is 31.9 Å². The van der Waals surface area contributed by atoms with Gasteiger partial charge in [-0.05, 0) is 135 Å². The minimum Gasteiger partial charge on any atom is -0.493 e. The number of aryl methyl sites for hydroxylation is 2. The molecule has 0 amide bonds. The summed E-state index contributed by atoms with van der Waals surface area (Å²) < 4.78 is 33.3. The van der Waals surface area contributed by atoms with Crippen molar-refractivity contribution < 1.29 is 38.4 Å². The molecule has 0 radical (unpaired) electrons. The highest BCUT2D eigenvalue weighted by Gasteiger charge is 2.23. The first-order valence-corrected chi connectivity index (χ1v) is 20.6. The molecule has 304 valence electrons. The van der Waals surface area contributed by atoms with E-state index in [9.17, 15) is 19.8 Å². The molecule has 3 aromatic rings. The molecule has 1 fully saturated rings. The summed E-state index contributed by atoms with van der Waals surface area (Å²) in [6.45, 7) is 13.0. The maximum absolute atomic E-state index is 16.2. The van der Waals surface area contributed by atoms with E-state index in [1.807, 2.05) is 24.3 Å². The van der Waals surface area contributed by atoms with Crippen LogP contribution in [0, 0.1) is 17.7 Å². The van der Waals surface area contributed by atoms with Crippen molar-refractivity contribution in [2.45, 2.75) is 110 Å². The average molecular weight is 771 g/mol. The van der Waals surface area contributed by atoms with E-state index in [0.717, 1.165) is 28.2 Å². The van der Waals surface area contributed by atoms with Crippen LogP contribution in [0.15, 0.2) is 78.9 Å². The number of aliphatic hydroxyl groups is 2. The summed E-state index contributed by atoms with van der Waals surface area (Å²) in [4.78, 5) is 24.1. The Morgan fingerprint density at radius 1 is 0.750 bits per heavy atom. The van der Waals surface area contributed by atoms with Crippen LogP contribution >= 0.6 is 0 Å². The third-order valence-electron chi connectivity index (χ3n) is 10.9. The zero-order valence-electron chi connectivity index (χ0n) is 33.9. The first-order chi connectivity index (χ1) is 27.0. The van der Waals surface area contributed by atoms with Gasteiger partial charge in [-0.2, -0.15) is 0 Å². The lowest BCUT2D eigenvalue weighted by molar-refractivity contribution is -0.139. The largest absolute Gasteiger partial charge is 0.493 e. The lowest BCUT2D eigenvalue weighted by Crippen LogP contribution is -2.16. The van der Waals surface area contributed by atoms with E-state index in [2.05, 4.69) is 44.3 Å². The molecule has 0 heterocycles. The van der Waals surface area contributed by atoms with Gasteiger partial charge in [-0.15, -0.1) is 0 Å². The van der Waals surface area contributed by atoms with Gasteiger partial charge < -0.3 is 24.4 Å². The molecule has 0 aromatic heterocycles. The molecule has 2 N–H and O–H groups in total. The first-order valence-electron chi connectivity index (χ1n) is 20.6. The van der Waals surface area contributed by atoms with Gasteiger partial charge in [0.05, 0.1) is 19.8 Å². The molecule has 1 aliphatic carbocycles. The van der Waals surface area contributed by atoms with Crippen LogP contribution in [-0.4, -0.2) is 55.2 Å². The Kier molecular flexibility index (Phi) is 18.3. The van der Waals surface area contributed by atoms with Crippen molar-refractivity contribution in [2.24, 2.45) is 11.8 Å². The number of rotatable bonds is 23. The first kappa shape index (κ1) is 44.4. The standard InChI is InChI=1S/C48H63FO7/c1-6-7-8-11-35-14-16-37(17-15-35)38-18-20-39(21-19-38)40-22-23-44(45(49)30-40)43-28-41(12-9-25-55-47(52)33(2)3)46(54-27-24-36(31-50)32-51)42(29-43)13-10-26-56-48(53)34(4)5/h18-23,28-30,35-37,50-51H,2,4,6-17,24-27,31-32H2,1,3,5H3/t35-,37-. The Hall–Kier alpha value is -4.27. The summed E-state index contributed by atoms with van der Waals surface area (Å²) in [7, 11) is 0. The molecule has 0 unspecified atom stereocenters. The van der Waals surface area contributed by atoms with Crippen molar-refractivity contribution in [3.05, 3.63) is 101 Å². The topological polar surface area (TPSA) is 102 Å². The Balaban J connectivity index is 1.58. The number of unbranched alkanes of at least 4 members (excludes halogenated alkanes) is 2. The molecule has 0 atom stereocenters. The van der Waals surface area contributed by atoms with E-state index in [1.54, 1.807) is 19.9 Å². The van der Waals surface area contributed by atoms with Crippen LogP contribution in [0.4, 0.5) is 4.39 Å². The highest BCUT2D eigenvalue weighted by Crippen LogP contribution is 2.39. The quantitative estimate of drug-likeness (QED) is 0.0562. The molecule has 1 saturated carbocycles. The summed E-state index contributed by atoms with van der Waals surface area (Å²) in [6, 6.07) is 17.8. The molecule has 0 saturated heterocycles. The number of benzene rings is 3. The predicted molar refractivity (Wildman–Crippen MR) is 222 cm³/mol. The lowest BCUT2D eigenvalue weighted by Gasteiger charge is -2.29. The van der Waals surface area contributed by atoms with Crippen molar-refractivity contribution >= 4 is 11.9 Å². The Morgan fingerprint density at radius 3 is 1.84 bits per heavy atom. The van der Waals surface area contributed by atoms with Gasteiger partial charge in [0.1, 0.15) is 11.6 Å². The number of carbonyl (C=O) groups is 2. The van der Waals surface area contributed by atoms with Gasteiger partial charge in [-0.3, -0.25) is 0 Å². The maximum Gasteiger partial charge on any atom is 0.333 e. The average Bonchev–Trinajstić information content (AvgIpc) is 3.20. The molecule has 56 heavy (non-hydrogen) atoms. The van der Waals surface area contributed by atoms with E-state index in [4.69, 9.17) is 14.2 Å². The Bertz CT molecular complexity index is 1680. The van der Waals surface area contributed by atoms with Crippen LogP contribution in [0.25, 0.3) is 22.3 Å². The van der Waals surface area contributed by atoms with Crippen molar-refractivity contribution in [1.29, 1.82) is 0 Å².